The van der Waals surface area contributed by atoms with Crippen LogP contribution in [0.2, 0.25) is 0 Å². The Bertz CT molecular complexity index is 520. The second-order valence-corrected chi connectivity index (χ2v) is 4.42. The Kier molecular flexibility index (Phi) is 4.10. The van der Waals surface area contributed by atoms with Gasteiger partial charge in [-0.2, -0.15) is 0 Å². The van der Waals surface area contributed by atoms with Crippen molar-refractivity contribution in [1.82, 2.24) is 5.32 Å². The standard InChI is InChI=1S/C15H19NO3/c1-4-11(17)8-13-12-9-15(19-3)14(18-2)7-10(12)5-6-16-13/h7-9,16H,4-6H2,1-3H3. The fourth-order valence-corrected chi connectivity index (χ4v) is 2.20. The summed E-state index contributed by atoms with van der Waals surface area (Å²) in [5.41, 5.74) is 3.06. The summed E-state index contributed by atoms with van der Waals surface area (Å²) in [6.45, 7) is 2.68. The normalized spacial score (nSPS) is 15.6. The van der Waals surface area contributed by atoms with Crippen LogP contribution in [0.3, 0.4) is 0 Å². The Morgan fingerprint density at radius 3 is 2.63 bits per heavy atom. The number of allylic oxidation sites excluding steroid dienone is 1. The van der Waals surface area contributed by atoms with Gasteiger partial charge in [0.15, 0.2) is 17.3 Å². The van der Waals surface area contributed by atoms with E-state index in [1.807, 2.05) is 19.1 Å². The van der Waals surface area contributed by atoms with Crippen LogP contribution in [-0.4, -0.2) is 26.5 Å². The number of carbonyl (C=O) groups excluding carboxylic acids is 1. The van der Waals surface area contributed by atoms with Crippen molar-refractivity contribution in [2.45, 2.75) is 19.8 Å². The van der Waals surface area contributed by atoms with E-state index in [1.54, 1.807) is 20.3 Å². The van der Waals surface area contributed by atoms with Crippen molar-refractivity contribution in [2.75, 3.05) is 20.8 Å². The molecule has 0 fully saturated rings. The quantitative estimate of drug-likeness (QED) is 0.844. The summed E-state index contributed by atoms with van der Waals surface area (Å²) in [6.07, 6.45) is 3.09. The van der Waals surface area contributed by atoms with Crippen molar-refractivity contribution in [2.24, 2.45) is 0 Å². The number of fused-ring (bicyclic) bond motifs is 1. The minimum absolute atomic E-state index is 0.116. The molecule has 19 heavy (non-hydrogen) atoms. The Hall–Kier alpha value is -1.97. The van der Waals surface area contributed by atoms with Crippen LogP contribution < -0.4 is 14.8 Å². The Morgan fingerprint density at radius 2 is 2.00 bits per heavy atom. The van der Waals surface area contributed by atoms with E-state index in [1.165, 1.54) is 5.56 Å². The summed E-state index contributed by atoms with van der Waals surface area (Å²) >= 11 is 0. The van der Waals surface area contributed by atoms with Gasteiger partial charge in [-0.1, -0.05) is 6.92 Å². The van der Waals surface area contributed by atoms with Gasteiger partial charge in [-0.05, 0) is 24.1 Å². The van der Waals surface area contributed by atoms with Crippen LogP contribution in [-0.2, 0) is 11.2 Å². The molecule has 0 saturated carbocycles. The first-order valence-corrected chi connectivity index (χ1v) is 6.43. The van der Waals surface area contributed by atoms with E-state index in [-0.39, 0.29) is 5.78 Å². The van der Waals surface area contributed by atoms with E-state index < -0.39 is 0 Å². The van der Waals surface area contributed by atoms with Crippen LogP contribution in [0.4, 0.5) is 0 Å². The van der Waals surface area contributed by atoms with Gasteiger partial charge in [0.1, 0.15) is 0 Å². The minimum Gasteiger partial charge on any atom is -0.493 e. The smallest absolute Gasteiger partial charge is 0.161 e. The molecule has 0 radical (unpaired) electrons. The molecule has 4 heteroatoms. The molecule has 4 nitrogen and oxygen atoms in total. The lowest BCUT2D eigenvalue weighted by Gasteiger charge is -2.23. The molecule has 0 amide bonds. The number of benzene rings is 1. The van der Waals surface area contributed by atoms with Crippen molar-refractivity contribution in [3.8, 4) is 11.5 Å². The lowest BCUT2D eigenvalue weighted by Crippen LogP contribution is -2.23. The molecule has 1 aliphatic heterocycles. The summed E-state index contributed by atoms with van der Waals surface area (Å²) in [5, 5.41) is 3.27. The van der Waals surface area contributed by atoms with Gasteiger partial charge in [0.2, 0.25) is 0 Å². The molecule has 0 aliphatic carbocycles. The molecule has 0 saturated heterocycles. The van der Waals surface area contributed by atoms with Crippen LogP contribution in [0.25, 0.3) is 5.70 Å². The molecule has 1 heterocycles. The van der Waals surface area contributed by atoms with E-state index in [2.05, 4.69) is 5.32 Å². The fraction of sp³-hybridized carbons (Fsp3) is 0.400. The molecule has 0 bridgehead atoms. The molecule has 0 unspecified atom stereocenters. The number of ketones is 1. The van der Waals surface area contributed by atoms with Crippen LogP contribution in [0.1, 0.15) is 24.5 Å². The number of carbonyl (C=O) groups is 1. The van der Waals surface area contributed by atoms with E-state index >= 15 is 0 Å². The van der Waals surface area contributed by atoms with Crippen molar-refractivity contribution >= 4 is 11.5 Å². The number of methoxy groups -OCH3 is 2. The lowest BCUT2D eigenvalue weighted by atomic mass is 9.96. The van der Waals surface area contributed by atoms with Crippen LogP contribution in [0.15, 0.2) is 18.2 Å². The Morgan fingerprint density at radius 1 is 1.32 bits per heavy atom. The zero-order chi connectivity index (χ0) is 13.8. The second-order valence-electron chi connectivity index (χ2n) is 4.42. The molecular weight excluding hydrogens is 242 g/mol. The molecule has 0 aromatic heterocycles. The molecule has 2 rings (SSSR count). The highest BCUT2D eigenvalue weighted by Crippen LogP contribution is 2.34. The first-order valence-electron chi connectivity index (χ1n) is 6.43. The third kappa shape index (κ3) is 2.72. The summed E-state index contributed by atoms with van der Waals surface area (Å²) in [5.74, 6) is 1.52. The molecule has 1 aromatic rings. The first-order chi connectivity index (χ1) is 9.19. The van der Waals surface area contributed by atoms with Crippen LogP contribution >= 0.6 is 0 Å². The molecule has 0 spiro atoms. The first kappa shape index (κ1) is 13.5. The average molecular weight is 261 g/mol. The summed E-state index contributed by atoms with van der Waals surface area (Å²) in [6, 6.07) is 3.91. The fourth-order valence-electron chi connectivity index (χ4n) is 2.20. The van der Waals surface area contributed by atoms with Crippen molar-refractivity contribution in [3.63, 3.8) is 0 Å². The van der Waals surface area contributed by atoms with Gasteiger partial charge in [-0.15, -0.1) is 0 Å². The number of ether oxygens (including phenoxy) is 2. The molecule has 1 N–H and O–H groups in total. The summed E-state index contributed by atoms with van der Waals surface area (Å²) < 4.78 is 10.6. The van der Waals surface area contributed by atoms with Gasteiger partial charge < -0.3 is 14.8 Å². The molecule has 102 valence electrons. The maximum atomic E-state index is 11.6. The third-order valence-electron chi connectivity index (χ3n) is 3.26. The summed E-state index contributed by atoms with van der Waals surface area (Å²) in [7, 11) is 3.24. The largest absolute Gasteiger partial charge is 0.493 e. The van der Waals surface area contributed by atoms with Crippen molar-refractivity contribution in [3.05, 3.63) is 29.3 Å². The highest BCUT2D eigenvalue weighted by atomic mass is 16.5. The van der Waals surface area contributed by atoms with Gasteiger partial charge in [0.25, 0.3) is 0 Å². The molecule has 0 atom stereocenters. The van der Waals surface area contributed by atoms with Gasteiger partial charge in [0.05, 0.1) is 14.2 Å². The lowest BCUT2D eigenvalue weighted by molar-refractivity contribution is -0.114. The topological polar surface area (TPSA) is 47.6 Å². The van der Waals surface area contributed by atoms with E-state index in [4.69, 9.17) is 9.47 Å². The monoisotopic (exact) mass is 261 g/mol. The highest BCUT2D eigenvalue weighted by Gasteiger charge is 2.18. The number of hydrogen-bond donors (Lipinski definition) is 1. The molecular formula is C15H19NO3. The van der Waals surface area contributed by atoms with Gasteiger partial charge in [-0.25, -0.2) is 0 Å². The van der Waals surface area contributed by atoms with Crippen molar-refractivity contribution < 1.29 is 14.3 Å². The van der Waals surface area contributed by atoms with E-state index in [9.17, 15) is 4.79 Å². The SMILES string of the molecule is CCC(=O)C=C1NCCc2cc(OC)c(OC)cc21. The molecule has 1 aliphatic rings. The Labute approximate surface area is 113 Å². The second kappa shape index (κ2) is 5.78. The van der Waals surface area contributed by atoms with Crippen LogP contribution in [0, 0.1) is 0 Å². The number of rotatable bonds is 4. The maximum Gasteiger partial charge on any atom is 0.161 e. The highest BCUT2D eigenvalue weighted by molar-refractivity contribution is 5.96. The maximum absolute atomic E-state index is 11.6. The predicted molar refractivity (Wildman–Crippen MR) is 74.5 cm³/mol. The van der Waals surface area contributed by atoms with Gasteiger partial charge >= 0.3 is 0 Å². The van der Waals surface area contributed by atoms with Gasteiger partial charge in [0, 0.05) is 30.3 Å². The Balaban J connectivity index is 2.49. The molecule has 1 aromatic carbocycles. The van der Waals surface area contributed by atoms with Crippen molar-refractivity contribution in [1.29, 1.82) is 0 Å². The zero-order valence-corrected chi connectivity index (χ0v) is 11.6. The zero-order valence-electron chi connectivity index (χ0n) is 11.6. The van der Waals surface area contributed by atoms with Crippen LogP contribution in [0.5, 0.6) is 11.5 Å². The minimum atomic E-state index is 0.116. The van der Waals surface area contributed by atoms with E-state index in [0.29, 0.717) is 12.2 Å². The average Bonchev–Trinajstić information content (AvgIpc) is 2.45. The van der Waals surface area contributed by atoms with E-state index in [0.717, 1.165) is 30.0 Å². The number of hydrogen-bond acceptors (Lipinski definition) is 4. The predicted octanol–water partition coefficient (Wildman–Crippen LogP) is 2.17. The van der Waals surface area contributed by atoms with Gasteiger partial charge in [-0.3, -0.25) is 4.79 Å². The number of nitrogens with one attached hydrogen (secondary N) is 1. The third-order valence-corrected chi connectivity index (χ3v) is 3.26. The summed E-state index contributed by atoms with van der Waals surface area (Å²) in [4.78, 5) is 11.6.